The van der Waals surface area contributed by atoms with E-state index in [0.29, 0.717) is 0 Å². The number of anilines is 1. The number of sulfonamides is 1. The minimum absolute atomic E-state index is 0.0402. The molecule has 0 amide bonds. The van der Waals surface area contributed by atoms with Crippen LogP contribution in [0.25, 0.3) is 0 Å². The second kappa shape index (κ2) is 4.82. The van der Waals surface area contributed by atoms with E-state index in [1.54, 1.807) is 19.1 Å². The van der Waals surface area contributed by atoms with Crippen LogP contribution in [0, 0.1) is 6.92 Å². The van der Waals surface area contributed by atoms with Crippen molar-refractivity contribution in [3.63, 3.8) is 0 Å². The van der Waals surface area contributed by atoms with Gasteiger partial charge in [-0.15, -0.1) is 0 Å². The van der Waals surface area contributed by atoms with E-state index in [1.807, 2.05) is 6.92 Å². The lowest BCUT2D eigenvalue weighted by atomic mass is 10.2. The quantitative estimate of drug-likeness (QED) is 0.661. The molecule has 1 atom stereocenters. The number of aryl methyl sites for hydroxylation is 1. The summed E-state index contributed by atoms with van der Waals surface area (Å²) in [5.74, 6) is 0. The lowest BCUT2D eigenvalue weighted by Gasteiger charge is -2.13. The molecule has 0 radical (unpaired) electrons. The van der Waals surface area contributed by atoms with Crippen molar-refractivity contribution in [2.75, 3.05) is 12.3 Å². The molecule has 6 heteroatoms. The fourth-order valence-electron chi connectivity index (χ4n) is 1.28. The minimum Gasteiger partial charge on any atom is -0.398 e. The summed E-state index contributed by atoms with van der Waals surface area (Å²) in [5.41, 5.74) is 6.74. The van der Waals surface area contributed by atoms with Crippen LogP contribution in [-0.4, -0.2) is 26.2 Å². The molecule has 0 fully saturated rings. The van der Waals surface area contributed by atoms with Crippen LogP contribution in [0.4, 0.5) is 5.69 Å². The molecule has 0 bridgehead atoms. The third-order valence-corrected chi connectivity index (χ3v) is 3.75. The Morgan fingerprint density at radius 3 is 2.62 bits per heavy atom. The molecule has 90 valence electrons. The summed E-state index contributed by atoms with van der Waals surface area (Å²) in [4.78, 5) is 0.0402. The Bertz CT molecular complexity index is 471. The van der Waals surface area contributed by atoms with Crippen LogP contribution >= 0.6 is 0 Å². The lowest BCUT2D eigenvalue weighted by Crippen LogP contribution is -2.35. The highest BCUT2D eigenvalue weighted by Gasteiger charge is 2.19. The van der Waals surface area contributed by atoms with Gasteiger partial charge in [-0.2, -0.15) is 0 Å². The van der Waals surface area contributed by atoms with Crippen molar-refractivity contribution in [2.24, 2.45) is 0 Å². The summed E-state index contributed by atoms with van der Waals surface area (Å²) in [6.07, 6.45) is 0. The van der Waals surface area contributed by atoms with Gasteiger partial charge in [0, 0.05) is 6.04 Å². The molecule has 4 N–H and O–H groups in total. The number of hydrogen-bond acceptors (Lipinski definition) is 4. The second-order valence-electron chi connectivity index (χ2n) is 3.75. The van der Waals surface area contributed by atoms with Crippen molar-refractivity contribution in [1.29, 1.82) is 0 Å². The van der Waals surface area contributed by atoms with Crippen molar-refractivity contribution in [2.45, 2.75) is 24.8 Å². The topological polar surface area (TPSA) is 92.4 Å². The minimum atomic E-state index is -3.65. The zero-order valence-electron chi connectivity index (χ0n) is 9.27. The maximum atomic E-state index is 11.8. The Labute approximate surface area is 95.3 Å². The van der Waals surface area contributed by atoms with Crippen LogP contribution in [0.1, 0.15) is 12.5 Å². The van der Waals surface area contributed by atoms with Crippen molar-refractivity contribution < 1.29 is 13.5 Å². The van der Waals surface area contributed by atoms with Gasteiger partial charge >= 0.3 is 0 Å². The summed E-state index contributed by atoms with van der Waals surface area (Å²) in [6, 6.07) is 4.19. The Balaban J connectivity index is 3.08. The number of nitrogen functional groups attached to an aromatic ring is 1. The maximum absolute atomic E-state index is 11.8. The van der Waals surface area contributed by atoms with Gasteiger partial charge < -0.3 is 10.8 Å². The van der Waals surface area contributed by atoms with Crippen LogP contribution in [-0.2, 0) is 10.0 Å². The number of aliphatic hydroxyl groups is 1. The van der Waals surface area contributed by atoms with Crippen molar-refractivity contribution >= 4 is 15.7 Å². The van der Waals surface area contributed by atoms with Gasteiger partial charge in [0.2, 0.25) is 10.0 Å². The zero-order valence-corrected chi connectivity index (χ0v) is 10.1. The number of benzene rings is 1. The Kier molecular flexibility index (Phi) is 3.90. The fraction of sp³-hybridized carbons (Fsp3) is 0.400. The van der Waals surface area contributed by atoms with E-state index in [1.165, 1.54) is 6.07 Å². The van der Waals surface area contributed by atoms with Gasteiger partial charge in [0.25, 0.3) is 0 Å². The molecule has 0 saturated carbocycles. The summed E-state index contributed by atoms with van der Waals surface area (Å²) in [5, 5.41) is 8.80. The summed E-state index contributed by atoms with van der Waals surface area (Å²) >= 11 is 0. The van der Waals surface area contributed by atoms with Crippen LogP contribution in [0.3, 0.4) is 0 Å². The number of nitrogens with one attached hydrogen (secondary N) is 1. The molecule has 1 unspecified atom stereocenters. The molecule has 0 saturated heterocycles. The molecule has 0 aromatic heterocycles. The van der Waals surface area contributed by atoms with Crippen LogP contribution in [0.15, 0.2) is 23.1 Å². The van der Waals surface area contributed by atoms with Gasteiger partial charge in [-0.3, -0.25) is 0 Å². The molecule has 1 aromatic rings. The molecule has 1 aromatic carbocycles. The van der Waals surface area contributed by atoms with Gasteiger partial charge in [0.1, 0.15) is 4.90 Å². The largest absolute Gasteiger partial charge is 0.398 e. The number of hydrogen-bond donors (Lipinski definition) is 3. The first-order valence-electron chi connectivity index (χ1n) is 4.86. The first kappa shape index (κ1) is 13.0. The molecule has 5 nitrogen and oxygen atoms in total. The zero-order chi connectivity index (χ0) is 12.3. The third-order valence-electron chi connectivity index (χ3n) is 2.09. The van der Waals surface area contributed by atoms with E-state index in [-0.39, 0.29) is 17.2 Å². The van der Waals surface area contributed by atoms with Crippen LogP contribution < -0.4 is 10.5 Å². The lowest BCUT2D eigenvalue weighted by molar-refractivity contribution is 0.265. The highest BCUT2D eigenvalue weighted by Crippen LogP contribution is 2.19. The van der Waals surface area contributed by atoms with E-state index in [2.05, 4.69) is 4.72 Å². The smallest absolute Gasteiger partial charge is 0.242 e. The number of aliphatic hydroxyl groups excluding tert-OH is 1. The maximum Gasteiger partial charge on any atom is 0.242 e. The highest BCUT2D eigenvalue weighted by atomic mass is 32.2. The molecule has 0 aliphatic rings. The van der Waals surface area contributed by atoms with Crippen molar-refractivity contribution in [3.8, 4) is 0 Å². The normalized spacial score (nSPS) is 13.7. The summed E-state index contributed by atoms with van der Waals surface area (Å²) in [6.45, 7) is 3.14. The van der Waals surface area contributed by atoms with Crippen LogP contribution in [0.5, 0.6) is 0 Å². The van der Waals surface area contributed by atoms with Gasteiger partial charge in [-0.05, 0) is 31.5 Å². The summed E-state index contributed by atoms with van der Waals surface area (Å²) < 4.78 is 26.0. The molecule has 0 aliphatic heterocycles. The van der Waals surface area contributed by atoms with E-state index >= 15 is 0 Å². The predicted octanol–water partition coefficient (Wildman–Crippen LogP) is 0.236. The third kappa shape index (κ3) is 2.94. The van der Waals surface area contributed by atoms with Crippen molar-refractivity contribution in [3.05, 3.63) is 23.8 Å². The standard InChI is InChI=1S/C10H16N2O3S/c1-7-3-4-10(9(11)5-7)16(14,15)12-8(2)6-13/h3-5,8,12-13H,6,11H2,1-2H3. The molecule has 0 spiro atoms. The van der Waals surface area contributed by atoms with Gasteiger partial charge in [0.15, 0.2) is 0 Å². The fourth-order valence-corrected chi connectivity index (χ4v) is 2.63. The molecule has 0 aliphatic carbocycles. The number of nitrogens with two attached hydrogens (primary N) is 1. The first-order chi connectivity index (χ1) is 7.36. The van der Waals surface area contributed by atoms with Gasteiger partial charge in [-0.25, -0.2) is 13.1 Å². The molecular formula is C10H16N2O3S. The molecule has 16 heavy (non-hydrogen) atoms. The average molecular weight is 244 g/mol. The SMILES string of the molecule is Cc1ccc(S(=O)(=O)NC(C)CO)c(N)c1. The Morgan fingerprint density at radius 2 is 2.12 bits per heavy atom. The van der Waals surface area contributed by atoms with E-state index < -0.39 is 16.1 Å². The van der Waals surface area contributed by atoms with E-state index in [4.69, 9.17) is 10.8 Å². The van der Waals surface area contributed by atoms with Gasteiger partial charge in [0.05, 0.1) is 12.3 Å². The summed E-state index contributed by atoms with van der Waals surface area (Å²) in [7, 11) is -3.65. The first-order valence-corrected chi connectivity index (χ1v) is 6.34. The monoisotopic (exact) mass is 244 g/mol. The van der Waals surface area contributed by atoms with E-state index in [0.717, 1.165) is 5.56 Å². The average Bonchev–Trinajstić information content (AvgIpc) is 2.16. The Hall–Kier alpha value is -1.11. The van der Waals surface area contributed by atoms with Crippen molar-refractivity contribution in [1.82, 2.24) is 4.72 Å². The molecule has 0 heterocycles. The predicted molar refractivity (Wildman–Crippen MR) is 62.5 cm³/mol. The highest BCUT2D eigenvalue weighted by molar-refractivity contribution is 7.89. The number of rotatable bonds is 4. The van der Waals surface area contributed by atoms with Crippen LogP contribution in [0.2, 0.25) is 0 Å². The molecular weight excluding hydrogens is 228 g/mol. The van der Waals surface area contributed by atoms with E-state index in [9.17, 15) is 8.42 Å². The van der Waals surface area contributed by atoms with Gasteiger partial charge in [-0.1, -0.05) is 6.07 Å². The Morgan fingerprint density at radius 1 is 1.50 bits per heavy atom. The molecule has 1 rings (SSSR count). The second-order valence-corrected chi connectivity index (χ2v) is 5.43.